The van der Waals surface area contributed by atoms with E-state index in [2.05, 4.69) is 15.9 Å². The SMILES string of the molecule is O=C(O)[C@H]1CCCCN1S(=O)(=O)c1ccc(Oc2ccc(Br)cc2)cc1. The summed E-state index contributed by atoms with van der Waals surface area (Å²) in [6.45, 7) is 0.219. The predicted molar refractivity (Wildman–Crippen MR) is 99.8 cm³/mol. The van der Waals surface area contributed by atoms with Crippen molar-refractivity contribution in [2.24, 2.45) is 0 Å². The van der Waals surface area contributed by atoms with Crippen LogP contribution in [-0.2, 0) is 14.8 Å². The summed E-state index contributed by atoms with van der Waals surface area (Å²) >= 11 is 3.35. The number of hydrogen-bond acceptors (Lipinski definition) is 4. The molecule has 1 fully saturated rings. The molecule has 0 spiro atoms. The van der Waals surface area contributed by atoms with Crippen LogP contribution in [0.15, 0.2) is 57.9 Å². The maximum Gasteiger partial charge on any atom is 0.322 e. The molecule has 1 saturated heterocycles. The summed E-state index contributed by atoms with van der Waals surface area (Å²) < 4.78 is 33.4. The Hall–Kier alpha value is -1.90. The van der Waals surface area contributed by atoms with Gasteiger partial charge in [-0.3, -0.25) is 4.79 Å². The normalized spacial score (nSPS) is 18.4. The second-order valence-corrected chi connectivity index (χ2v) is 8.80. The van der Waals surface area contributed by atoms with Gasteiger partial charge in [-0.1, -0.05) is 15.9 Å². The lowest BCUT2D eigenvalue weighted by molar-refractivity contribution is -0.142. The van der Waals surface area contributed by atoms with E-state index in [-0.39, 0.29) is 11.4 Å². The lowest BCUT2D eigenvalue weighted by Gasteiger charge is -2.31. The number of aliphatic carboxylic acids is 1. The highest BCUT2D eigenvalue weighted by Crippen LogP contribution is 2.28. The number of hydrogen-bond donors (Lipinski definition) is 1. The first kappa shape index (κ1) is 18.9. The molecule has 0 amide bonds. The van der Waals surface area contributed by atoms with Gasteiger partial charge in [-0.2, -0.15) is 4.31 Å². The quantitative estimate of drug-likeness (QED) is 0.763. The summed E-state index contributed by atoms with van der Waals surface area (Å²) in [7, 11) is -3.86. The summed E-state index contributed by atoms with van der Waals surface area (Å²) in [6, 6.07) is 12.3. The van der Waals surface area contributed by atoms with Gasteiger partial charge in [0.15, 0.2) is 0 Å². The first-order valence-electron chi connectivity index (χ1n) is 8.16. The Bertz CT molecular complexity index is 881. The van der Waals surface area contributed by atoms with E-state index in [1.807, 2.05) is 12.1 Å². The third-order valence-corrected chi connectivity index (χ3v) is 6.67. The number of carbonyl (C=O) groups is 1. The number of carboxylic acids is 1. The van der Waals surface area contributed by atoms with Crippen LogP contribution >= 0.6 is 15.9 Å². The molecule has 1 aliphatic heterocycles. The van der Waals surface area contributed by atoms with E-state index >= 15 is 0 Å². The van der Waals surface area contributed by atoms with E-state index in [1.54, 1.807) is 24.3 Å². The number of rotatable bonds is 5. The number of carboxylic acid groups (broad SMARTS) is 1. The van der Waals surface area contributed by atoms with Crippen LogP contribution in [0.1, 0.15) is 19.3 Å². The Morgan fingerprint density at radius 3 is 2.19 bits per heavy atom. The summed E-state index contributed by atoms with van der Waals surface area (Å²) in [6.07, 6.45) is 1.70. The molecule has 1 aliphatic rings. The van der Waals surface area contributed by atoms with Crippen molar-refractivity contribution in [3.05, 3.63) is 53.0 Å². The fourth-order valence-corrected chi connectivity index (χ4v) is 4.81. The van der Waals surface area contributed by atoms with Gasteiger partial charge in [0.05, 0.1) is 4.90 Å². The standard InChI is InChI=1S/C18H18BrNO5S/c19-13-4-6-14(7-5-13)25-15-8-10-16(11-9-15)26(23,24)20-12-2-1-3-17(20)18(21)22/h4-11,17H,1-3,12H2,(H,21,22)/t17-/m1/s1. The molecule has 1 N–H and O–H groups in total. The van der Waals surface area contributed by atoms with Crippen LogP contribution in [0.4, 0.5) is 0 Å². The van der Waals surface area contributed by atoms with Gasteiger partial charge in [0.2, 0.25) is 10.0 Å². The van der Waals surface area contributed by atoms with Crippen molar-refractivity contribution >= 4 is 31.9 Å². The van der Waals surface area contributed by atoms with Crippen molar-refractivity contribution in [3.63, 3.8) is 0 Å². The minimum atomic E-state index is -3.86. The molecular formula is C18H18BrNO5S. The maximum absolute atomic E-state index is 12.8. The summed E-state index contributed by atoms with van der Waals surface area (Å²) in [4.78, 5) is 11.5. The molecule has 0 radical (unpaired) electrons. The smallest absolute Gasteiger partial charge is 0.322 e. The van der Waals surface area contributed by atoms with Crippen LogP contribution in [0.5, 0.6) is 11.5 Å². The average molecular weight is 440 g/mol. The number of sulfonamides is 1. The number of nitrogens with zero attached hydrogens (tertiary/aromatic N) is 1. The molecule has 138 valence electrons. The molecule has 1 heterocycles. The second-order valence-electron chi connectivity index (χ2n) is 5.99. The minimum absolute atomic E-state index is 0.0637. The molecule has 0 saturated carbocycles. The van der Waals surface area contributed by atoms with Gasteiger partial charge in [-0.05, 0) is 67.8 Å². The molecule has 0 unspecified atom stereocenters. The van der Waals surface area contributed by atoms with Gasteiger partial charge in [-0.15, -0.1) is 0 Å². The number of halogens is 1. The van der Waals surface area contributed by atoms with Crippen molar-refractivity contribution in [3.8, 4) is 11.5 Å². The average Bonchev–Trinajstić information content (AvgIpc) is 2.64. The highest BCUT2D eigenvalue weighted by Gasteiger charge is 2.37. The Morgan fingerprint density at radius 1 is 1.04 bits per heavy atom. The van der Waals surface area contributed by atoms with E-state index in [0.717, 1.165) is 8.78 Å². The van der Waals surface area contributed by atoms with Gasteiger partial charge in [-0.25, -0.2) is 8.42 Å². The zero-order chi connectivity index (χ0) is 18.7. The van der Waals surface area contributed by atoms with Crippen molar-refractivity contribution in [1.29, 1.82) is 0 Å². The molecule has 0 aliphatic carbocycles. The van der Waals surface area contributed by atoms with Crippen LogP contribution in [0, 0.1) is 0 Å². The Kier molecular flexibility index (Phi) is 5.64. The summed E-state index contributed by atoms with van der Waals surface area (Å²) in [5.74, 6) is 0.0222. The lowest BCUT2D eigenvalue weighted by atomic mass is 10.1. The summed E-state index contributed by atoms with van der Waals surface area (Å²) in [5, 5.41) is 9.32. The van der Waals surface area contributed by atoms with Crippen molar-refractivity contribution in [2.45, 2.75) is 30.2 Å². The highest BCUT2D eigenvalue weighted by molar-refractivity contribution is 9.10. The molecule has 26 heavy (non-hydrogen) atoms. The topological polar surface area (TPSA) is 83.9 Å². The van der Waals surface area contributed by atoms with Crippen molar-refractivity contribution in [2.75, 3.05) is 6.54 Å². The monoisotopic (exact) mass is 439 g/mol. The molecule has 8 heteroatoms. The Balaban J connectivity index is 1.80. The van der Waals surface area contributed by atoms with Gasteiger partial charge in [0, 0.05) is 11.0 Å². The molecule has 0 aromatic heterocycles. The van der Waals surface area contributed by atoms with Crippen LogP contribution in [0.25, 0.3) is 0 Å². The van der Waals surface area contributed by atoms with Crippen LogP contribution in [0.3, 0.4) is 0 Å². The molecule has 2 aromatic carbocycles. The highest BCUT2D eigenvalue weighted by atomic mass is 79.9. The zero-order valence-electron chi connectivity index (χ0n) is 13.8. The third kappa shape index (κ3) is 4.08. The second kappa shape index (κ2) is 7.77. The van der Waals surface area contributed by atoms with Gasteiger partial charge in [0.25, 0.3) is 0 Å². The first-order chi connectivity index (χ1) is 12.4. The van der Waals surface area contributed by atoms with Crippen LogP contribution in [0.2, 0.25) is 0 Å². The number of ether oxygens (including phenoxy) is 1. The number of piperidine rings is 1. The third-order valence-electron chi connectivity index (χ3n) is 4.22. The molecular weight excluding hydrogens is 422 g/mol. The largest absolute Gasteiger partial charge is 0.480 e. The van der Waals surface area contributed by atoms with Gasteiger partial charge in [0.1, 0.15) is 17.5 Å². The zero-order valence-corrected chi connectivity index (χ0v) is 16.2. The van der Waals surface area contributed by atoms with E-state index in [0.29, 0.717) is 30.8 Å². The first-order valence-corrected chi connectivity index (χ1v) is 10.4. The Labute approximate surface area is 160 Å². The van der Waals surface area contributed by atoms with Crippen LogP contribution in [-0.4, -0.2) is 36.4 Å². The fourth-order valence-electron chi connectivity index (χ4n) is 2.89. The molecule has 6 nitrogen and oxygen atoms in total. The fraction of sp³-hybridized carbons (Fsp3) is 0.278. The van der Waals surface area contributed by atoms with E-state index in [1.165, 1.54) is 12.1 Å². The van der Waals surface area contributed by atoms with Crippen LogP contribution < -0.4 is 4.74 Å². The van der Waals surface area contributed by atoms with E-state index in [4.69, 9.17) is 4.74 Å². The molecule has 0 bridgehead atoms. The van der Waals surface area contributed by atoms with E-state index < -0.39 is 22.0 Å². The van der Waals surface area contributed by atoms with Gasteiger partial charge >= 0.3 is 5.97 Å². The minimum Gasteiger partial charge on any atom is -0.480 e. The van der Waals surface area contributed by atoms with Crippen molar-refractivity contribution < 1.29 is 23.1 Å². The number of benzene rings is 2. The molecule has 1 atom stereocenters. The van der Waals surface area contributed by atoms with Crippen molar-refractivity contribution in [1.82, 2.24) is 4.31 Å². The molecule has 2 aromatic rings. The summed E-state index contributed by atoms with van der Waals surface area (Å²) in [5.41, 5.74) is 0. The lowest BCUT2D eigenvalue weighted by Crippen LogP contribution is -2.47. The van der Waals surface area contributed by atoms with E-state index in [9.17, 15) is 18.3 Å². The maximum atomic E-state index is 12.8. The molecule has 3 rings (SSSR count). The van der Waals surface area contributed by atoms with Gasteiger partial charge < -0.3 is 9.84 Å². The predicted octanol–water partition coefficient (Wildman–Crippen LogP) is 3.87. The Morgan fingerprint density at radius 2 is 1.62 bits per heavy atom.